The van der Waals surface area contributed by atoms with Crippen LogP contribution in [0.15, 0.2) is 30.3 Å². The minimum absolute atomic E-state index is 0.00300. The van der Waals surface area contributed by atoms with E-state index in [4.69, 9.17) is 0 Å². The van der Waals surface area contributed by atoms with Crippen LogP contribution < -0.4 is 5.32 Å². The van der Waals surface area contributed by atoms with Gasteiger partial charge in [0.1, 0.15) is 0 Å². The van der Waals surface area contributed by atoms with E-state index in [1.165, 1.54) is 0 Å². The Kier molecular flexibility index (Phi) is 6.35. The Hall–Kier alpha value is -2.37. The van der Waals surface area contributed by atoms with Crippen molar-refractivity contribution in [1.29, 1.82) is 0 Å². The van der Waals surface area contributed by atoms with E-state index >= 15 is 0 Å². The summed E-state index contributed by atoms with van der Waals surface area (Å²) in [6.07, 6.45) is 0.232. The number of rotatable bonds is 7. The Morgan fingerprint density at radius 3 is 2.54 bits per heavy atom. The molecule has 1 N–H and O–H groups in total. The van der Waals surface area contributed by atoms with Crippen molar-refractivity contribution in [3.8, 4) is 0 Å². The molecule has 0 aliphatic carbocycles. The fraction of sp³-hybridized carbons (Fsp3) is 0.500. The average molecular weight is 331 g/mol. The van der Waals surface area contributed by atoms with Crippen LogP contribution in [0.4, 0.5) is 0 Å². The fourth-order valence-electron chi connectivity index (χ4n) is 2.85. The van der Waals surface area contributed by atoms with E-state index in [2.05, 4.69) is 5.32 Å². The van der Waals surface area contributed by atoms with Crippen LogP contribution in [0.25, 0.3) is 0 Å². The van der Waals surface area contributed by atoms with Gasteiger partial charge in [-0.15, -0.1) is 0 Å². The highest BCUT2D eigenvalue weighted by molar-refractivity contribution is 5.91. The topological polar surface area (TPSA) is 69.7 Å². The number of likely N-dealkylation sites (N-methyl/N-ethyl adjacent to an activating group) is 1. The van der Waals surface area contributed by atoms with Gasteiger partial charge in [0.05, 0.1) is 12.5 Å². The smallest absolute Gasteiger partial charge is 0.242 e. The first kappa shape index (κ1) is 18.0. The number of amides is 3. The first-order valence-electron chi connectivity index (χ1n) is 8.42. The summed E-state index contributed by atoms with van der Waals surface area (Å²) < 4.78 is 0. The molecule has 0 unspecified atom stereocenters. The molecule has 1 heterocycles. The lowest BCUT2D eigenvalue weighted by atomic mass is 10.1. The third-order valence-electron chi connectivity index (χ3n) is 4.33. The van der Waals surface area contributed by atoms with Crippen LogP contribution in [0.5, 0.6) is 0 Å². The van der Waals surface area contributed by atoms with Crippen molar-refractivity contribution in [2.24, 2.45) is 5.92 Å². The lowest BCUT2D eigenvalue weighted by Gasteiger charge is -2.21. The Morgan fingerprint density at radius 2 is 1.96 bits per heavy atom. The number of nitrogens with one attached hydrogen (secondary N) is 1. The summed E-state index contributed by atoms with van der Waals surface area (Å²) in [7, 11) is 0. The van der Waals surface area contributed by atoms with Crippen molar-refractivity contribution in [3.05, 3.63) is 35.9 Å². The van der Waals surface area contributed by atoms with E-state index in [9.17, 15) is 14.4 Å². The number of carbonyl (C=O) groups excluding carboxylic acids is 3. The Bertz CT molecular complexity index is 588. The van der Waals surface area contributed by atoms with Gasteiger partial charge in [-0.2, -0.15) is 0 Å². The predicted molar refractivity (Wildman–Crippen MR) is 90.9 cm³/mol. The van der Waals surface area contributed by atoms with Gasteiger partial charge in [0.15, 0.2) is 0 Å². The predicted octanol–water partition coefficient (Wildman–Crippen LogP) is 1.02. The maximum atomic E-state index is 12.3. The minimum Gasteiger partial charge on any atom is -0.347 e. The first-order chi connectivity index (χ1) is 11.5. The largest absolute Gasteiger partial charge is 0.347 e. The van der Waals surface area contributed by atoms with Crippen molar-refractivity contribution in [3.63, 3.8) is 0 Å². The highest BCUT2D eigenvalue weighted by Crippen LogP contribution is 2.17. The highest BCUT2D eigenvalue weighted by Gasteiger charge is 2.33. The molecule has 1 aliphatic heterocycles. The number of benzene rings is 1. The molecule has 3 amide bonds. The Balaban J connectivity index is 1.83. The summed E-state index contributed by atoms with van der Waals surface area (Å²) in [5, 5.41) is 2.68. The normalized spacial score (nSPS) is 17.0. The summed E-state index contributed by atoms with van der Waals surface area (Å²) in [5.41, 5.74) is 1.05. The van der Waals surface area contributed by atoms with Crippen molar-refractivity contribution in [2.75, 3.05) is 26.2 Å². The highest BCUT2D eigenvalue weighted by atomic mass is 16.2. The van der Waals surface area contributed by atoms with Crippen LogP contribution in [0.3, 0.4) is 0 Å². The maximum absolute atomic E-state index is 12.3. The molecule has 0 bridgehead atoms. The maximum Gasteiger partial charge on any atom is 0.242 e. The van der Waals surface area contributed by atoms with Gasteiger partial charge in [0.25, 0.3) is 0 Å². The number of carbonyl (C=O) groups is 3. The molecular weight excluding hydrogens is 306 g/mol. The number of likely N-dealkylation sites (tertiary alicyclic amines) is 1. The molecular formula is C18H25N3O3. The van der Waals surface area contributed by atoms with Gasteiger partial charge < -0.3 is 15.1 Å². The minimum atomic E-state index is -0.352. The SMILES string of the molecule is CCN(Cc1ccccc1)C(=O)CNC(=O)[C@@H]1CC(=O)N(CC)C1. The zero-order valence-electron chi connectivity index (χ0n) is 14.3. The molecule has 130 valence electrons. The summed E-state index contributed by atoms with van der Waals surface area (Å²) in [5.74, 6) is -0.688. The molecule has 1 aromatic carbocycles. The second kappa shape index (κ2) is 8.47. The van der Waals surface area contributed by atoms with E-state index in [0.29, 0.717) is 26.2 Å². The molecule has 24 heavy (non-hydrogen) atoms. The summed E-state index contributed by atoms with van der Waals surface area (Å²) >= 11 is 0. The van der Waals surface area contributed by atoms with E-state index in [1.807, 2.05) is 44.2 Å². The fourth-order valence-corrected chi connectivity index (χ4v) is 2.85. The van der Waals surface area contributed by atoms with Gasteiger partial charge in [-0.1, -0.05) is 30.3 Å². The third-order valence-corrected chi connectivity index (χ3v) is 4.33. The second-order valence-corrected chi connectivity index (χ2v) is 5.94. The van der Waals surface area contributed by atoms with Crippen LogP contribution >= 0.6 is 0 Å². The van der Waals surface area contributed by atoms with E-state index in [1.54, 1.807) is 9.80 Å². The lowest BCUT2D eigenvalue weighted by Crippen LogP contribution is -2.42. The van der Waals surface area contributed by atoms with Gasteiger partial charge in [0, 0.05) is 32.6 Å². The van der Waals surface area contributed by atoms with Gasteiger partial charge >= 0.3 is 0 Å². The van der Waals surface area contributed by atoms with Gasteiger partial charge in [-0.05, 0) is 19.4 Å². The number of nitrogens with zero attached hydrogens (tertiary/aromatic N) is 2. The van der Waals surface area contributed by atoms with Crippen LogP contribution in [0, 0.1) is 5.92 Å². The van der Waals surface area contributed by atoms with Crippen molar-refractivity contribution < 1.29 is 14.4 Å². The van der Waals surface area contributed by atoms with Crippen LogP contribution in [0.2, 0.25) is 0 Å². The van der Waals surface area contributed by atoms with E-state index < -0.39 is 0 Å². The van der Waals surface area contributed by atoms with E-state index in [0.717, 1.165) is 5.56 Å². The standard InChI is InChI=1S/C18H25N3O3/c1-3-20(12-14-8-6-5-7-9-14)17(23)11-19-18(24)15-10-16(22)21(4-2)13-15/h5-9,15H,3-4,10-13H2,1-2H3,(H,19,24)/t15-/m1/s1. The molecule has 0 radical (unpaired) electrons. The van der Waals surface area contributed by atoms with Crippen LogP contribution in [-0.4, -0.2) is 53.7 Å². The lowest BCUT2D eigenvalue weighted by molar-refractivity contribution is -0.134. The summed E-state index contributed by atoms with van der Waals surface area (Å²) in [6, 6.07) is 9.75. The van der Waals surface area contributed by atoms with Gasteiger partial charge in [-0.25, -0.2) is 0 Å². The number of hydrogen-bond acceptors (Lipinski definition) is 3. The Morgan fingerprint density at radius 1 is 1.25 bits per heavy atom. The van der Waals surface area contributed by atoms with Crippen molar-refractivity contribution >= 4 is 17.7 Å². The van der Waals surface area contributed by atoms with Gasteiger partial charge in [0.2, 0.25) is 17.7 Å². The summed E-state index contributed by atoms with van der Waals surface area (Å²) in [6.45, 7) is 5.93. The summed E-state index contributed by atoms with van der Waals surface area (Å²) in [4.78, 5) is 39.5. The van der Waals surface area contributed by atoms with E-state index in [-0.39, 0.29) is 36.6 Å². The molecule has 0 saturated carbocycles. The monoisotopic (exact) mass is 331 g/mol. The molecule has 6 heteroatoms. The molecule has 1 atom stereocenters. The zero-order chi connectivity index (χ0) is 17.5. The molecule has 1 aliphatic rings. The van der Waals surface area contributed by atoms with Crippen molar-refractivity contribution in [1.82, 2.24) is 15.1 Å². The van der Waals surface area contributed by atoms with Crippen LogP contribution in [-0.2, 0) is 20.9 Å². The second-order valence-electron chi connectivity index (χ2n) is 5.94. The molecule has 0 aromatic heterocycles. The number of hydrogen-bond donors (Lipinski definition) is 1. The molecule has 1 fully saturated rings. The molecule has 1 aromatic rings. The average Bonchev–Trinajstić information content (AvgIpc) is 2.99. The first-order valence-corrected chi connectivity index (χ1v) is 8.42. The molecule has 2 rings (SSSR count). The molecule has 1 saturated heterocycles. The zero-order valence-corrected chi connectivity index (χ0v) is 14.3. The molecule has 0 spiro atoms. The molecule has 6 nitrogen and oxygen atoms in total. The van der Waals surface area contributed by atoms with Crippen LogP contribution in [0.1, 0.15) is 25.8 Å². The third kappa shape index (κ3) is 4.57. The van der Waals surface area contributed by atoms with Gasteiger partial charge in [-0.3, -0.25) is 14.4 Å². The quantitative estimate of drug-likeness (QED) is 0.811. The Labute approximate surface area is 142 Å². The van der Waals surface area contributed by atoms with Crippen molar-refractivity contribution in [2.45, 2.75) is 26.8 Å².